The van der Waals surface area contributed by atoms with E-state index in [1.54, 1.807) is 18.3 Å². The van der Waals surface area contributed by atoms with Crippen LogP contribution in [0, 0.1) is 13.1 Å². The highest BCUT2D eigenvalue weighted by Crippen LogP contribution is 2.33. The topological polar surface area (TPSA) is 48.9 Å². The van der Waals surface area contributed by atoms with E-state index in [9.17, 15) is 5.11 Å². The minimum absolute atomic E-state index is 0.279. The molecule has 0 spiro atoms. The molecule has 91 valence electrons. The Hall–Kier alpha value is -2.55. The molecule has 0 atom stereocenters. The van der Waals surface area contributed by atoms with Crippen molar-refractivity contribution in [2.75, 3.05) is 0 Å². The molecule has 0 aliphatic carbocycles. The molecule has 19 heavy (non-hydrogen) atoms. The molecule has 0 bridgehead atoms. The number of phenolic OH excluding ortho intramolecular Hbond substituents is 1. The third-order valence-electron chi connectivity index (χ3n) is 3.68. The molecule has 0 aliphatic heterocycles. The molecule has 0 aliphatic rings. The SMILES string of the molecule is Cc1c2ccn[c]c2cc2c1[nH]c1ccc(O)cc12. The largest absolute Gasteiger partial charge is 0.508 e. The zero-order valence-electron chi connectivity index (χ0n) is 10.4. The maximum Gasteiger partial charge on any atom is 0.116 e. The molecule has 2 aromatic heterocycles. The lowest BCUT2D eigenvalue weighted by atomic mass is 10.0. The van der Waals surface area contributed by atoms with Gasteiger partial charge in [0, 0.05) is 27.9 Å². The summed E-state index contributed by atoms with van der Waals surface area (Å²) in [6.07, 6.45) is 4.79. The van der Waals surface area contributed by atoms with Crippen molar-refractivity contribution in [2.45, 2.75) is 6.92 Å². The molecular weight excluding hydrogens is 236 g/mol. The van der Waals surface area contributed by atoms with Gasteiger partial charge in [0.05, 0.1) is 11.7 Å². The maximum absolute atomic E-state index is 9.66. The second kappa shape index (κ2) is 3.48. The number of rotatable bonds is 0. The second-order valence-electron chi connectivity index (χ2n) is 4.80. The van der Waals surface area contributed by atoms with Gasteiger partial charge in [-0.25, -0.2) is 0 Å². The van der Waals surface area contributed by atoms with Gasteiger partial charge in [-0.1, -0.05) is 0 Å². The lowest BCUT2D eigenvalue weighted by molar-refractivity contribution is 0.476. The number of hydrogen-bond donors (Lipinski definition) is 2. The molecule has 4 aromatic rings. The van der Waals surface area contributed by atoms with Crippen molar-refractivity contribution in [1.29, 1.82) is 0 Å². The molecule has 4 rings (SSSR count). The van der Waals surface area contributed by atoms with Crippen LogP contribution in [0.4, 0.5) is 0 Å². The average Bonchev–Trinajstić information content (AvgIpc) is 2.78. The molecule has 0 saturated heterocycles. The summed E-state index contributed by atoms with van der Waals surface area (Å²) in [7, 11) is 0. The van der Waals surface area contributed by atoms with Crippen LogP contribution in [0.25, 0.3) is 32.6 Å². The van der Waals surface area contributed by atoms with Gasteiger partial charge in [0.2, 0.25) is 0 Å². The van der Waals surface area contributed by atoms with Gasteiger partial charge in [-0.3, -0.25) is 4.98 Å². The van der Waals surface area contributed by atoms with E-state index in [-0.39, 0.29) is 5.75 Å². The quantitative estimate of drug-likeness (QED) is 0.498. The monoisotopic (exact) mass is 247 g/mol. The van der Waals surface area contributed by atoms with E-state index in [0.717, 1.165) is 32.6 Å². The molecule has 3 heteroatoms. The Morgan fingerprint density at radius 3 is 2.89 bits per heavy atom. The van der Waals surface area contributed by atoms with Crippen molar-refractivity contribution >= 4 is 32.6 Å². The van der Waals surface area contributed by atoms with Gasteiger partial charge in [0.25, 0.3) is 0 Å². The van der Waals surface area contributed by atoms with Crippen LogP contribution in [0.3, 0.4) is 0 Å². The van der Waals surface area contributed by atoms with Crippen LogP contribution in [0.5, 0.6) is 5.75 Å². The van der Waals surface area contributed by atoms with Crippen LogP contribution >= 0.6 is 0 Å². The Bertz CT molecular complexity index is 938. The fourth-order valence-corrected chi connectivity index (χ4v) is 2.73. The number of aromatic hydroxyl groups is 1. The minimum Gasteiger partial charge on any atom is -0.508 e. The summed E-state index contributed by atoms with van der Waals surface area (Å²) in [5.41, 5.74) is 3.31. The standard InChI is InChI=1S/C16H11N2O/c1-9-12-4-5-17-8-10(12)6-14-13-7-11(19)2-3-15(13)18-16(9)14/h2-7,18-19H,1H3. The number of aryl methyl sites for hydroxylation is 1. The first kappa shape index (κ1) is 10.4. The normalized spacial score (nSPS) is 11.6. The zero-order chi connectivity index (χ0) is 13.0. The molecule has 2 N–H and O–H groups in total. The van der Waals surface area contributed by atoms with Crippen molar-refractivity contribution in [3.63, 3.8) is 0 Å². The number of nitrogens with zero attached hydrogens (tertiary/aromatic N) is 1. The molecular formula is C16H11N2O. The predicted octanol–water partition coefficient (Wildman–Crippen LogP) is 3.68. The lowest BCUT2D eigenvalue weighted by Gasteiger charge is -2.02. The van der Waals surface area contributed by atoms with Crippen LogP contribution in [-0.4, -0.2) is 15.1 Å². The van der Waals surface area contributed by atoms with Crippen molar-refractivity contribution in [2.24, 2.45) is 0 Å². The first-order valence-corrected chi connectivity index (χ1v) is 6.14. The number of aromatic amines is 1. The molecule has 0 unspecified atom stereocenters. The van der Waals surface area contributed by atoms with Gasteiger partial charge in [0.15, 0.2) is 0 Å². The first-order valence-electron chi connectivity index (χ1n) is 6.14. The number of benzene rings is 2. The molecule has 1 radical (unpaired) electrons. The van der Waals surface area contributed by atoms with Crippen LogP contribution < -0.4 is 0 Å². The Kier molecular flexibility index (Phi) is 1.90. The zero-order valence-corrected chi connectivity index (χ0v) is 10.4. The number of phenols is 1. The Balaban J connectivity index is 2.30. The second-order valence-corrected chi connectivity index (χ2v) is 4.80. The summed E-state index contributed by atoms with van der Waals surface area (Å²) in [5, 5.41) is 13.9. The highest BCUT2D eigenvalue weighted by atomic mass is 16.3. The number of hydrogen-bond acceptors (Lipinski definition) is 2. The van der Waals surface area contributed by atoms with Crippen molar-refractivity contribution in [1.82, 2.24) is 9.97 Å². The summed E-state index contributed by atoms with van der Waals surface area (Å²) in [6, 6.07) is 9.46. The van der Waals surface area contributed by atoms with Gasteiger partial charge < -0.3 is 10.1 Å². The maximum atomic E-state index is 9.66. The fourth-order valence-electron chi connectivity index (χ4n) is 2.73. The van der Waals surface area contributed by atoms with E-state index >= 15 is 0 Å². The van der Waals surface area contributed by atoms with E-state index in [1.165, 1.54) is 5.56 Å². The van der Waals surface area contributed by atoms with Crippen LogP contribution in [-0.2, 0) is 0 Å². The van der Waals surface area contributed by atoms with Crippen LogP contribution in [0.1, 0.15) is 5.56 Å². The molecule has 3 nitrogen and oxygen atoms in total. The van der Waals surface area contributed by atoms with Crippen LogP contribution in [0.2, 0.25) is 0 Å². The third-order valence-corrected chi connectivity index (χ3v) is 3.68. The number of fused-ring (bicyclic) bond motifs is 4. The van der Waals surface area contributed by atoms with Gasteiger partial charge >= 0.3 is 0 Å². The van der Waals surface area contributed by atoms with Gasteiger partial charge in [-0.2, -0.15) is 0 Å². The number of pyridine rings is 1. The predicted molar refractivity (Wildman–Crippen MR) is 76.3 cm³/mol. The number of nitrogens with one attached hydrogen (secondary N) is 1. The van der Waals surface area contributed by atoms with Gasteiger partial charge in [0.1, 0.15) is 5.75 Å². The average molecular weight is 247 g/mol. The van der Waals surface area contributed by atoms with E-state index in [4.69, 9.17) is 0 Å². The summed E-state index contributed by atoms with van der Waals surface area (Å²) < 4.78 is 0. The Morgan fingerprint density at radius 2 is 2.00 bits per heavy atom. The molecule has 0 saturated carbocycles. The number of H-pyrrole nitrogens is 1. The highest BCUT2D eigenvalue weighted by molar-refractivity contribution is 6.13. The number of aromatic nitrogens is 2. The Labute approximate surface area is 109 Å². The minimum atomic E-state index is 0.279. The highest BCUT2D eigenvalue weighted by Gasteiger charge is 2.10. The van der Waals surface area contributed by atoms with E-state index in [2.05, 4.69) is 29.2 Å². The van der Waals surface area contributed by atoms with E-state index in [1.807, 2.05) is 12.1 Å². The summed E-state index contributed by atoms with van der Waals surface area (Å²) >= 11 is 0. The van der Waals surface area contributed by atoms with E-state index < -0.39 is 0 Å². The summed E-state index contributed by atoms with van der Waals surface area (Å²) in [6.45, 7) is 2.09. The first-order chi connectivity index (χ1) is 9.24. The van der Waals surface area contributed by atoms with Crippen molar-refractivity contribution < 1.29 is 5.11 Å². The summed E-state index contributed by atoms with van der Waals surface area (Å²) in [5.74, 6) is 0.279. The van der Waals surface area contributed by atoms with Crippen LogP contribution in [0.15, 0.2) is 36.5 Å². The molecule has 0 fully saturated rings. The van der Waals surface area contributed by atoms with Gasteiger partial charge in [-0.15, -0.1) is 0 Å². The van der Waals surface area contributed by atoms with Crippen molar-refractivity contribution in [3.8, 4) is 5.75 Å². The van der Waals surface area contributed by atoms with E-state index in [0.29, 0.717) is 0 Å². The van der Waals surface area contributed by atoms with Crippen molar-refractivity contribution in [3.05, 3.63) is 48.3 Å². The summed E-state index contributed by atoms with van der Waals surface area (Å²) in [4.78, 5) is 7.48. The lowest BCUT2D eigenvalue weighted by Crippen LogP contribution is -1.82. The smallest absolute Gasteiger partial charge is 0.116 e. The Morgan fingerprint density at radius 1 is 1.11 bits per heavy atom. The third kappa shape index (κ3) is 1.35. The molecule has 2 aromatic carbocycles. The molecule has 2 heterocycles. The molecule has 0 amide bonds. The fraction of sp³-hybridized carbons (Fsp3) is 0.0625. The van der Waals surface area contributed by atoms with Gasteiger partial charge in [-0.05, 0) is 48.2 Å².